The molecule has 0 aliphatic rings. The molecular formula is C20H21FN4O. The first-order valence-electron chi connectivity index (χ1n) is 8.27. The zero-order valence-corrected chi connectivity index (χ0v) is 14.9. The second-order valence-electron chi connectivity index (χ2n) is 7.17. The number of nitrogen functional groups attached to an aromatic ring is 1. The molecule has 0 saturated heterocycles. The molecule has 0 saturated carbocycles. The third kappa shape index (κ3) is 4.08. The Balaban J connectivity index is 1.93. The summed E-state index contributed by atoms with van der Waals surface area (Å²) in [7, 11) is 0. The number of nitrogens with zero attached hydrogens (tertiary/aromatic N) is 1. The molecule has 0 bridgehead atoms. The second kappa shape index (κ2) is 6.63. The molecule has 0 atom stereocenters. The molecule has 3 rings (SSSR count). The lowest BCUT2D eigenvalue weighted by Crippen LogP contribution is -2.43. The van der Waals surface area contributed by atoms with Crippen molar-refractivity contribution < 1.29 is 9.18 Å². The van der Waals surface area contributed by atoms with Crippen LogP contribution in [0.2, 0.25) is 0 Å². The summed E-state index contributed by atoms with van der Waals surface area (Å²) in [5.74, 6) is -0.327. The maximum absolute atomic E-state index is 13.5. The van der Waals surface area contributed by atoms with Crippen LogP contribution in [0.25, 0.3) is 22.2 Å². The first kappa shape index (κ1) is 17.7. The van der Waals surface area contributed by atoms with Crippen LogP contribution in [0, 0.1) is 5.82 Å². The smallest absolute Gasteiger partial charge is 0.319 e. The highest BCUT2D eigenvalue weighted by atomic mass is 19.1. The molecule has 134 valence electrons. The Labute approximate surface area is 151 Å². The van der Waals surface area contributed by atoms with E-state index in [1.165, 1.54) is 12.1 Å². The van der Waals surface area contributed by atoms with Crippen molar-refractivity contribution >= 4 is 28.3 Å². The van der Waals surface area contributed by atoms with Gasteiger partial charge in [-0.2, -0.15) is 0 Å². The Morgan fingerprint density at radius 1 is 1.12 bits per heavy atom. The van der Waals surface area contributed by atoms with Crippen LogP contribution in [0.5, 0.6) is 0 Å². The van der Waals surface area contributed by atoms with Crippen LogP contribution >= 0.6 is 0 Å². The number of urea groups is 1. The van der Waals surface area contributed by atoms with E-state index in [0.29, 0.717) is 28.1 Å². The Morgan fingerprint density at radius 3 is 2.58 bits per heavy atom. The standard InChI is InChI=1S/C20H21FN4O/c1-20(2,3)25-19(26)23-14-7-8-17-15(10-14)16(22)11-18(24-17)12-5-4-6-13(21)9-12/h4-11H,1-3H3,(H2,22,24)(H2,23,25,26). The lowest BCUT2D eigenvalue weighted by molar-refractivity contribution is 0.244. The van der Waals surface area contributed by atoms with Crippen molar-refractivity contribution in [2.24, 2.45) is 0 Å². The van der Waals surface area contributed by atoms with Gasteiger partial charge in [-0.3, -0.25) is 0 Å². The molecule has 0 radical (unpaired) electrons. The van der Waals surface area contributed by atoms with Crippen LogP contribution in [-0.4, -0.2) is 16.6 Å². The monoisotopic (exact) mass is 352 g/mol. The van der Waals surface area contributed by atoms with Gasteiger partial charge in [-0.05, 0) is 57.2 Å². The van der Waals surface area contributed by atoms with Crippen LogP contribution in [0.15, 0.2) is 48.5 Å². The number of carbonyl (C=O) groups excluding carboxylic acids is 1. The van der Waals surface area contributed by atoms with E-state index in [1.54, 1.807) is 36.4 Å². The first-order valence-corrected chi connectivity index (χ1v) is 8.27. The molecule has 1 heterocycles. The van der Waals surface area contributed by atoms with Gasteiger partial charge in [0.15, 0.2) is 0 Å². The number of amides is 2. The average Bonchev–Trinajstić information content (AvgIpc) is 2.53. The van der Waals surface area contributed by atoms with Gasteiger partial charge in [-0.25, -0.2) is 14.2 Å². The summed E-state index contributed by atoms with van der Waals surface area (Å²) in [6, 6.07) is 12.9. The number of halogens is 1. The minimum absolute atomic E-state index is 0.292. The minimum atomic E-state index is -0.332. The van der Waals surface area contributed by atoms with Crippen molar-refractivity contribution in [3.05, 3.63) is 54.3 Å². The molecule has 6 heteroatoms. The number of pyridine rings is 1. The van der Waals surface area contributed by atoms with Crippen molar-refractivity contribution in [3.63, 3.8) is 0 Å². The fraction of sp³-hybridized carbons (Fsp3) is 0.200. The molecule has 2 aromatic carbocycles. The third-order valence-corrected chi connectivity index (χ3v) is 3.71. The highest BCUT2D eigenvalue weighted by Gasteiger charge is 2.14. The summed E-state index contributed by atoms with van der Waals surface area (Å²) in [5, 5.41) is 6.34. The maximum Gasteiger partial charge on any atom is 0.319 e. The first-order chi connectivity index (χ1) is 12.2. The van der Waals surface area contributed by atoms with Crippen LogP contribution in [0.3, 0.4) is 0 Å². The zero-order valence-electron chi connectivity index (χ0n) is 14.9. The molecule has 0 spiro atoms. The van der Waals surface area contributed by atoms with Crippen LogP contribution < -0.4 is 16.4 Å². The third-order valence-electron chi connectivity index (χ3n) is 3.71. The Morgan fingerprint density at radius 2 is 1.88 bits per heavy atom. The minimum Gasteiger partial charge on any atom is -0.398 e. The Bertz CT molecular complexity index is 979. The van der Waals surface area contributed by atoms with Gasteiger partial charge in [0.25, 0.3) is 0 Å². The molecule has 0 aliphatic heterocycles. The van der Waals surface area contributed by atoms with Crippen LogP contribution in [0.1, 0.15) is 20.8 Å². The predicted molar refractivity (Wildman–Crippen MR) is 103 cm³/mol. The molecule has 5 nitrogen and oxygen atoms in total. The number of carbonyl (C=O) groups is 1. The van der Waals surface area contributed by atoms with E-state index in [9.17, 15) is 9.18 Å². The van der Waals surface area contributed by atoms with E-state index >= 15 is 0 Å². The number of fused-ring (bicyclic) bond motifs is 1. The highest BCUT2D eigenvalue weighted by Crippen LogP contribution is 2.28. The summed E-state index contributed by atoms with van der Waals surface area (Å²) in [6.45, 7) is 5.72. The average molecular weight is 352 g/mol. The fourth-order valence-electron chi connectivity index (χ4n) is 2.63. The van der Waals surface area contributed by atoms with Gasteiger partial charge in [-0.15, -0.1) is 0 Å². The second-order valence-corrected chi connectivity index (χ2v) is 7.17. The number of nitrogens with one attached hydrogen (secondary N) is 2. The van der Waals surface area contributed by atoms with Gasteiger partial charge >= 0.3 is 6.03 Å². The molecular weight excluding hydrogens is 331 g/mol. The van der Waals surface area contributed by atoms with E-state index in [0.717, 1.165) is 5.39 Å². The number of aromatic nitrogens is 1. The fourth-order valence-corrected chi connectivity index (χ4v) is 2.63. The van der Waals surface area contributed by atoms with Gasteiger partial charge in [0.2, 0.25) is 0 Å². The Kier molecular flexibility index (Phi) is 4.50. The van der Waals surface area contributed by atoms with E-state index in [-0.39, 0.29) is 17.4 Å². The topological polar surface area (TPSA) is 80.0 Å². The largest absolute Gasteiger partial charge is 0.398 e. The zero-order chi connectivity index (χ0) is 18.9. The van der Waals surface area contributed by atoms with E-state index in [1.807, 2.05) is 20.8 Å². The maximum atomic E-state index is 13.5. The molecule has 0 fully saturated rings. The molecule has 26 heavy (non-hydrogen) atoms. The molecule has 0 aliphatic carbocycles. The van der Waals surface area contributed by atoms with Gasteiger partial charge in [0, 0.05) is 27.9 Å². The molecule has 4 N–H and O–H groups in total. The number of benzene rings is 2. The summed E-state index contributed by atoms with van der Waals surface area (Å²) >= 11 is 0. The SMILES string of the molecule is CC(C)(C)NC(=O)Nc1ccc2nc(-c3cccc(F)c3)cc(N)c2c1. The van der Waals surface area contributed by atoms with Gasteiger partial charge in [0.05, 0.1) is 11.2 Å². The van der Waals surface area contributed by atoms with Gasteiger partial charge in [-0.1, -0.05) is 12.1 Å². The molecule has 1 aromatic heterocycles. The normalized spacial score (nSPS) is 11.4. The van der Waals surface area contributed by atoms with Crippen molar-refractivity contribution in [2.75, 3.05) is 11.1 Å². The van der Waals surface area contributed by atoms with E-state index < -0.39 is 0 Å². The number of hydrogen-bond acceptors (Lipinski definition) is 3. The lowest BCUT2D eigenvalue weighted by atomic mass is 10.1. The van der Waals surface area contributed by atoms with Crippen molar-refractivity contribution in [3.8, 4) is 11.3 Å². The van der Waals surface area contributed by atoms with Gasteiger partial charge < -0.3 is 16.4 Å². The molecule has 2 amide bonds. The molecule has 0 unspecified atom stereocenters. The number of nitrogens with two attached hydrogens (primary N) is 1. The number of anilines is 2. The predicted octanol–water partition coefficient (Wildman–Crippen LogP) is 4.54. The summed E-state index contributed by atoms with van der Waals surface area (Å²) in [6.07, 6.45) is 0. The highest BCUT2D eigenvalue weighted by molar-refractivity contribution is 5.98. The molecule has 3 aromatic rings. The summed E-state index contributed by atoms with van der Waals surface area (Å²) < 4.78 is 13.5. The number of rotatable bonds is 2. The lowest BCUT2D eigenvalue weighted by Gasteiger charge is -2.20. The van der Waals surface area contributed by atoms with Crippen molar-refractivity contribution in [1.29, 1.82) is 0 Å². The van der Waals surface area contributed by atoms with Crippen molar-refractivity contribution in [1.82, 2.24) is 10.3 Å². The summed E-state index contributed by atoms with van der Waals surface area (Å²) in [5.41, 5.74) is 8.89. The Hall–Kier alpha value is -3.15. The van der Waals surface area contributed by atoms with Gasteiger partial charge in [0.1, 0.15) is 5.82 Å². The van der Waals surface area contributed by atoms with E-state index in [4.69, 9.17) is 5.73 Å². The van der Waals surface area contributed by atoms with Crippen LogP contribution in [0.4, 0.5) is 20.6 Å². The summed E-state index contributed by atoms with van der Waals surface area (Å²) in [4.78, 5) is 16.6. The quantitative estimate of drug-likeness (QED) is 0.633. The van der Waals surface area contributed by atoms with E-state index in [2.05, 4.69) is 15.6 Å². The van der Waals surface area contributed by atoms with Crippen LogP contribution in [-0.2, 0) is 0 Å². The number of hydrogen-bond donors (Lipinski definition) is 3. The van der Waals surface area contributed by atoms with Crippen molar-refractivity contribution in [2.45, 2.75) is 26.3 Å².